The first-order chi connectivity index (χ1) is 10.8. The van der Waals surface area contributed by atoms with Crippen LogP contribution < -0.4 is 15.8 Å². The smallest absolute Gasteiger partial charge is 0.256 e. The number of rotatable bonds is 5. The van der Waals surface area contributed by atoms with Crippen LogP contribution in [-0.4, -0.2) is 17.9 Å². The summed E-state index contributed by atoms with van der Waals surface area (Å²) in [4.78, 5) is 25.0. The van der Waals surface area contributed by atoms with Gasteiger partial charge in [0.2, 0.25) is 0 Å². The van der Waals surface area contributed by atoms with Gasteiger partial charge in [0.05, 0.1) is 11.7 Å². The molecule has 122 valence electrons. The third-order valence-corrected chi connectivity index (χ3v) is 4.45. The van der Waals surface area contributed by atoms with Gasteiger partial charge in [0.1, 0.15) is 10.8 Å². The van der Waals surface area contributed by atoms with E-state index >= 15 is 0 Å². The van der Waals surface area contributed by atoms with E-state index in [9.17, 15) is 9.59 Å². The second kappa shape index (κ2) is 6.83. The van der Waals surface area contributed by atoms with E-state index in [4.69, 9.17) is 10.5 Å². The van der Waals surface area contributed by atoms with Crippen molar-refractivity contribution in [3.05, 3.63) is 45.8 Å². The van der Waals surface area contributed by atoms with Crippen molar-refractivity contribution in [3.8, 4) is 5.75 Å². The lowest BCUT2D eigenvalue weighted by Gasteiger charge is -2.11. The zero-order chi connectivity index (χ0) is 17.1. The highest BCUT2D eigenvalue weighted by Gasteiger charge is 2.19. The Kier molecular flexibility index (Phi) is 5.05. The van der Waals surface area contributed by atoms with Gasteiger partial charge in [-0.3, -0.25) is 9.59 Å². The highest BCUT2D eigenvalue weighted by molar-refractivity contribution is 7.16. The second-order valence-electron chi connectivity index (χ2n) is 5.50. The fraction of sp³-hybridized carbons (Fsp3) is 0.294. The van der Waals surface area contributed by atoms with Gasteiger partial charge in [0, 0.05) is 10.4 Å². The van der Waals surface area contributed by atoms with E-state index in [1.807, 2.05) is 27.7 Å². The van der Waals surface area contributed by atoms with Crippen LogP contribution in [0.5, 0.6) is 5.75 Å². The Morgan fingerprint density at radius 1 is 1.26 bits per heavy atom. The molecule has 2 aromatic rings. The first kappa shape index (κ1) is 17.0. The largest absolute Gasteiger partial charge is 0.491 e. The average Bonchev–Trinajstić information content (AvgIpc) is 2.73. The summed E-state index contributed by atoms with van der Waals surface area (Å²) >= 11 is 1.34. The Bertz CT molecular complexity index is 750. The van der Waals surface area contributed by atoms with Gasteiger partial charge in [-0.15, -0.1) is 11.3 Å². The fourth-order valence-corrected chi connectivity index (χ4v) is 3.23. The van der Waals surface area contributed by atoms with Crippen LogP contribution in [0, 0.1) is 13.8 Å². The summed E-state index contributed by atoms with van der Waals surface area (Å²) in [6.07, 6.45) is 0.0253. The summed E-state index contributed by atoms with van der Waals surface area (Å²) in [5, 5.41) is 3.25. The summed E-state index contributed by atoms with van der Waals surface area (Å²) in [5.74, 6) is -0.219. The number of ether oxygens (including phenoxy) is 1. The lowest BCUT2D eigenvalue weighted by atomic mass is 10.1. The Labute approximate surface area is 139 Å². The molecule has 1 aromatic heterocycles. The van der Waals surface area contributed by atoms with Crippen molar-refractivity contribution >= 4 is 28.2 Å². The van der Waals surface area contributed by atoms with Crippen LogP contribution in [0.15, 0.2) is 24.3 Å². The van der Waals surface area contributed by atoms with E-state index < -0.39 is 5.91 Å². The molecular weight excluding hydrogens is 312 g/mol. The van der Waals surface area contributed by atoms with Crippen molar-refractivity contribution in [2.75, 3.05) is 5.32 Å². The number of hydrogen-bond acceptors (Lipinski definition) is 4. The minimum absolute atomic E-state index is 0.0253. The van der Waals surface area contributed by atoms with E-state index in [-0.39, 0.29) is 12.0 Å². The van der Waals surface area contributed by atoms with Crippen molar-refractivity contribution in [3.63, 3.8) is 0 Å². The maximum absolute atomic E-state index is 12.4. The number of carbonyl (C=O) groups excluding carboxylic acids is 2. The summed E-state index contributed by atoms with van der Waals surface area (Å²) < 4.78 is 5.59. The van der Waals surface area contributed by atoms with Crippen molar-refractivity contribution in [1.29, 1.82) is 0 Å². The SMILES string of the molecule is Cc1sc(NC(=O)c2cccc(OC(C)C)c2)c(C(N)=O)c1C. The summed E-state index contributed by atoms with van der Waals surface area (Å²) in [5.41, 5.74) is 7.05. The van der Waals surface area contributed by atoms with Gasteiger partial charge in [-0.1, -0.05) is 6.07 Å². The molecule has 0 fully saturated rings. The lowest BCUT2D eigenvalue weighted by molar-refractivity contribution is 0.100. The zero-order valence-corrected chi connectivity index (χ0v) is 14.4. The first-order valence-electron chi connectivity index (χ1n) is 7.27. The third kappa shape index (κ3) is 3.90. The molecule has 2 amide bonds. The Morgan fingerprint density at radius 3 is 2.57 bits per heavy atom. The van der Waals surface area contributed by atoms with Crippen molar-refractivity contribution in [2.45, 2.75) is 33.8 Å². The van der Waals surface area contributed by atoms with Crippen LogP contribution >= 0.6 is 11.3 Å². The van der Waals surface area contributed by atoms with Crippen LogP contribution in [0.4, 0.5) is 5.00 Å². The second-order valence-corrected chi connectivity index (χ2v) is 6.72. The number of carbonyl (C=O) groups is 2. The number of aryl methyl sites for hydroxylation is 1. The molecule has 0 atom stereocenters. The predicted molar refractivity (Wildman–Crippen MR) is 92.5 cm³/mol. The summed E-state index contributed by atoms with van der Waals surface area (Å²) in [7, 11) is 0. The van der Waals surface area contributed by atoms with Crippen molar-refractivity contribution in [1.82, 2.24) is 0 Å². The monoisotopic (exact) mass is 332 g/mol. The molecule has 23 heavy (non-hydrogen) atoms. The summed E-state index contributed by atoms with van der Waals surface area (Å²) in [6.45, 7) is 7.55. The van der Waals surface area contributed by atoms with Gasteiger partial charge in [0.15, 0.2) is 0 Å². The number of primary amides is 1. The molecule has 0 unspecified atom stereocenters. The quantitative estimate of drug-likeness (QED) is 0.879. The van der Waals surface area contributed by atoms with Gasteiger partial charge in [-0.2, -0.15) is 0 Å². The van der Waals surface area contributed by atoms with Crippen molar-refractivity contribution in [2.24, 2.45) is 5.73 Å². The van der Waals surface area contributed by atoms with Crippen LogP contribution in [0.2, 0.25) is 0 Å². The van der Waals surface area contributed by atoms with Gasteiger partial charge >= 0.3 is 0 Å². The Balaban J connectivity index is 2.26. The van der Waals surface area contributed by atoms with Crippen LogP contribution in [0.1, 0.15) is 45.0 Å². The number of thiophene rings is 1. The molecule has 0 radical (unpaired) electrons. The number of anilines is 1. The molecule has 0 aliphatic heterocycles. The minimum atomic E-state index is -0.543. The lowest BCUT2D eigenvalue weighted by Crippen LogP contribution is -2.17. The molecule has 0 bridgehead atoms. The molecule has 6 heteroatoms. The molecule has 3 N–H and O–H groups in total. The standard InChI is InChI=1S/C17H20N2O3S/c1-9(2)22-13-7-5-6-12(8-13)16(21)19-17-14(15(18)20)10(3)11(4)23-17/h5-9H,1-4H3,(H2,18,20)(H,19,21). The van der Waals surface area contributed by atoms with E-state index in [1.165, 1.54) is 11.3 Å². The molecule has 1 aromatic carbocycles. The van der Waals surface area contributed by atoms with Crippen molar-refractivity contribution < 1.29 is 14.3 Å². The van der Waals surface area contributed by atoms with E-state index in [0.29, 0.717) is 21.9 Å². The molecular formula is C17H20N2O3S. The fourth-order valence-electron chi connectivity index (χ4n) is 2.17. The minimum Gasteiger partial charge on any atom is -0.491 e. The third-order valence-electron chi connectivity index (χ3n) is 3.33. The van der Waals surface area contributed by atoms with Gasteiger partial charge in [-0.05, 0) is 51.5 Å². The predicted octanol–water partition coefficient (Wildman–Crippen LogP) is 3.50. The normalized spacial score (nSPS) is 10.7. The van der Waals surface area contributed by atoms with E-state index in [0.717, 1.165) is 10.4 Å². The highest BCUT2D eigenvalue weighted by atomic mass is 32.1. The molecule has 0 spiro atoms. The maximum Gasteiger partial charge on any atom is 0.256 e. The number of benzene rings is 1. The number of hydrogen-bond donors (Lipinski definition) is 2. The molecule has 0 aliphatic carbocycles. The molecule has 0 saturated heterocycles. The van der Waals surface area contributed by atoms with Gasteiger partial charge in [-0.25, -0.2) is 0 Å². The first-order valence-corrected chi connectivity index (χ1v) is 8.09. The molecule has 0 aliphatic rings. The Hall–Kier alpha value is -2.34. The van der Waals surface area contributed by atoms with Gasteiger partial charge < -0.3 is 15.8 Å². The molecule has 5 nitrogen and oxygen atoms in total. The van der Waals surface area contributed by atoms with E-state index in [1.54, 1.807) is 24.3 Å². The van der Waals surface area contributed by atoms with Crippen LogP contribution in [-0.2, 0) is 0 Å². The maximum atomic E-state index is 12.4. The van der Waals surface area contributed by atoms with Crippen LogP contribution in [0.3, 0.4) is 0 Å². The molecule has 1 heterocycles. The molecule has 0 saturated carbocycles. The number of amides is 2. The Morgan fingerprint density at radius 2 is 1.96 bits per heavy atom. The topological polar surface area (TPSA) is 81.4 Å². The van der Waals surface area contributed by atoms with E-state index in [2.05, 4.69) is 5.32 Å². The van der Waals surface area contributed by atoms with Crippen LogP contribution in [0.25, 0.3) is 0 Å². The number of nitrogens with one attached hydrogen (secondary N) is 1. The summed E-state index contributed by atoms with van der Waals surface area (Å²) in [6, 6.07) is 6.92. The average molecular weight is 332 g/mol. The highest BCUT2D eigenvalue weighted by Crippen LogP contribution is 2.32. The molecule has 2 rings (SSSR count). The van der Waals surface area contributed by atoms with Gasteiger partial charge in [0.25, 0.3) is 11.8 Å². The number of nitrogens with two attached hydrogens (primary N) is 1. The zero-order valence-electron chi connectivity index (χ0n) is 13.6.